The Morgan fingerprint density at radius 1 is 1.23 bits per heavy atom. The molecule has 0 aliphatic rings. The molecule has 0 aliphatic carbocycles. The number of halogens is 4. The van der Waals surface area contributed by atoms with Crippen molar-refractivity contribution >= 4 is 34.8 Å². The van der Waals surface area contributed by atoms with Crippen molar-refractivity contribution in [2.75, 3.05) is 25.5 Å². The van der Waals surface area contributed by atoms with Gasteiger partial charge in [-0.1, -0.05) is 23.7 Å². The van der Waals surface area contributed by atoms with Crippen LogP contribution in [0.5, 0.6) is 5.75 Å². The number of nitrogens with one attached hydrogen (secondary N) is 1. The predicted octanol–water partition coefficient (Wildman–Crippen LogP) is 3.74. The number of nitro groups is 1. The molecule has 0 atom stereocenters. The summed E-state index contributed by atoms with van der Waals surface area (Å²) in [7, 11) is 1.23. The highest BCUT2D eigenvalue weighted by Gasteiger charge is 2.33. The first-order chi connectivity index (χ1) is 14.0. The third kappa shape index (κ3) is 6.08. The van der Waals surface area contributed by atoms with Crippen LogP contribution in [0.25, 0.3) is 0 Å². The number of para-hydroxylation sites is 1. The highest BCUT2D eigenvalue weighted by molar-refractivity contribution is 6.30. The number of hydrogen-bond acceptors (Lipinski definition) is 5. The Labute approximate surface area is 173 Å². The monoisotopic (exact) mass is 445 g/mol. The number of carbonyl (C=O) groups is 2. The van der Waals surface area contributed by atoms with Crippen LogP contribution in [0.3, 0.4) is 0 Å². The van der Waals surface area contributed by atoms with Gasteiger partial charge in [0.25, 0.3) is 5.91 Å². The molecule has 0 saturated carbocycles. The van der Waals surface area contributed by atoms with Gasteiger partial charge in [-0.15, -0.1) is 0 Å². The van der Waals surface area contributed by atoms with Crippen LogP contribution in [0.15, 0.2) is 42.5 Å². The molecule has 0 spiro atoms. The first kappa shape index (κ1) is 22.9. The second kappa shape index (κ2) is 9.44. The van der Waals surface area contributed by atoms with E-state index in [0.717, 1.165) is 23.1 Å². The van der Waals surface area contributed by atoms with Gasteiger partial charge in [-0.25, -0.2) is 0 Å². The number of rotatable bonds is 7. The summed E-state index contributed by atoms with van der Waals surface area (Å²) >= 11 is 5.69. The standard InChI is InChI=1S/C18H15ClF3N3O5/c1-24(9-16(26)23-13-5-3-2-4-12(13)18(20,21)22)17(27)10-30-15-7-6-11(19)8-14(15)25(28)29/h2-8H,9-10H2,1H3,(H,23,26). The van der Waals surface area contributed by atoms with Crippen LogP contribution in [0.1, 0.15) is 5.56 Å². The van der Waals surface area contributed by atoms with Gasteiger partial charge in [0.15, 0.2) is 12.4 Å². The summed E-state index contributed by atoms with van der Waals surface area (Å²) < 4.78 is 44.1. The SMILES string of the molecule is CN(CC(=O)Nc1ccccc1C(F)(F)F)C(=O)COc1ccc(Cl)cc1[N+](=O)[O-]. The number of benzene rings is 2. The molecule has 0 heterocycles. The number of likely N-dealkylation sites (N-methyl/N-ethyl adjacent to an activating group) is 1. The molecule has 1 N–H and O–H groups in total. The zero-order valence-electron chi connectivity index (χ0n) is 15.4. The van der Waals surface area contributed by atoms with E-state index >= 15 is 0 Å². The molecule has 8 nitrogen and oxygen atoms in total. The number of nitrogens with zero attached hydrogens (tertiary/aromatic N) is 2. The molecular formula is C18H15ClF3N3O5. The summed E-state index contributed by atoms with van der Waals surface area (Å²) in [6.07, 6.45) is -4.66. The maximum absolute atomic E-state index is 13.0. The predicted molar refractivity (Wildman–Crippen MR) is 101 cm³/mol. The fourth-order valence-electron chi connectivity index (χ4n) is 2.34. The lowest BCUT2D eigenvalue weighted by molar-refractivity contribution is -0.385. The number of hydrogen-bond donors (Lipinski definition) is 1. The zero-order valence-corrected chi connectivity index (χ0v) is 16.2. The van der Waals surface area contributed by atoms with E-state index in [0.29, 0.717) is 0 Å². The van der Waals surface area contributed by atoms with Gasteiger partial charge in [-0.2, -0.15) is 13.2 Å². The molecule has 2 rings (SSSR count). The van der Waals surface area contributed by atoms with E-state index in [1.165, 1.54) is 31.3 Å². The Bertz CT molecular complexity index is 968. The van der Waals surface area contributed by atoms with E-state index in [1.54, 1.807) is 0 Å². The summed E-state index contributed by atoms with van der Waals surface area (Å²) in [6.45, 7) is -1.19. The minimum absolute atomic E-state index is 0.105. The number of amides is 2. The topological polar surface area (TPSA) is 102 Å². The lowest BCUT2D eigenvalue weighted by Gasteiger charge is -2.18. The van der Waals surface area contributed by atoms with Gasteiger partial charge in [-0.3, -0.25) is 19.7 Å². The maximum Gasteiger partial charge on any atom is 0.418 e. The Morgan fingerprint density at radius 2 is 1.90 bits per heavy atom. The minimum atomic E-state index is -4.66. The average molecular weight is 446 g/mol. The van der Waals surface area contributed by atoms with Crippen molar-refractivity contribution < 1.29 is 32.4 Å². The van der Waals surface area contributed by atoms with Crippen LogP contribution in [0.2, 0.25) is 5.02 Å². The third-order valence-electron chi connectivity index (χ3n) is 3.78. The van der Waals surface area contributed by atoms with Gasteiger partial charge < -0.3 is 15.0 Å². The van der Waals surface area contributed by atoms with Gasteiger partial charge >= 0.3 is 11.9 Å². The Balaban J connectivity index is 1.97. The van der Waals surface area contributed by atoms with Crippen molar-refractivity contribution in [1.29, 1.82) is 0 Å². The molecule has 0 radical (unpaired) electrons. The van der Waals surface area contributed by atoms with E-state index < -0.39 is 53.0 Å². The molecule has 0 bridgehead atoms. The van der Waals surface area contributed by atoms with Crippen LogP contribution in [-0.2, 0) is 15.8 Å². The quantitative estimate of drug-likeness (QED) is 0.516. The molecule has 0 aromatic heterocycles. The molecule has 160 valence electrons. The van der Waals surface area contributed by atoms with Crippen LogP contribution < -0.4 is 10.1 Å². The van der Waals surface area contributed by atoms with Crippen LogP contribution >= 0.6 is 11.6 Å². The highest BCUT2D eigenvalue weighted by Crippen LogP contribution is 2.34. The van der Waals surface area contributed by atoms with E-state index in [4.69, 9.17) is 16.3 Å². The van der Waals surface area contributed by atoms with Gasteiger partial charge in [0.05, 0.1) is 22.7 Å². The molecular weight excluding hydrogens is 431 g/mol. The van der Waals surface area contributed by atoms with Crippen molar-refractivity contribution in [2.45, 2.75) is 6.18 Å². The van der Waals surface area contributed by atoms with E-state index in [-0.39, 0.29) is 10.8 Å². The molecule has 2 aromatic carbocycles. The first-order valence-electron chi connectivity index (χ1n) is 8.26. The number of nitro benzene ring substituents is 1. The van der Waals surface area contributed by atoms with Gasteiger partial charge in [-0.05, 0) is 24.3 Å². The fourth-order valence-corrected chi connectivity index (χ4v) is 2.50. The first-order valence-corrected chi connectivity index (χ1v) is 8.63. The van der Waals surface area contributed by atoms with E-state index in [9.17, 15) is 32.9 Å². The average Bonchev–Trinajstić information content (AvgIpc) is 2.66. The van der Waals surface area contributed by atoms with Crippen LogP contribution in [0.4, 0.5) is 24.5 Å². The van der Waals surface area contributed by atoms with E-state index in [2.05, 4.69) is 5.32 Å². The summed E-state index contributed by atoms with van der Waals surface area (Å²) in [6, 6.07) is 8.02. The molecule has 2 amide bonds. The fraction of sp³-hybridized carbons (Fsp3) is 0.222. The van der Waals surface area contributed by atoms with Crippen molar-refractivity contribution in [2.24, 2.45) is 0 Å². The van der Waals surface area contributed by atoms with E-state index in [1.807, 2.05) is 0 Å². The number of ether oxygens (including phenoxy) is 1. The van der Waals surface area contributed by atoms with Gasteiger partial charge in [0, 0.05) is 18.1 Å². The molecule has 0 aliphatic heterocycles. The maximum atomic E-state index is 13.0. The largest absolute Gasteiger partial charge is 0.477 e. The number of carbonyl (C=O) groups excluding carboxylic acids is 2. The minimum Gasteiger partial charge on any atom is -0.477 e. The van der Waals surface area contributed by atoms with Crippen molar-refractivity contribution in [3.63, 3.8) is 0 Å². The Morgan fingerprint density at radius 3 is 2.53 bits per heavy atom. The zero-order chi connectivity index (χ0) is 22.5. The lowest BCUT2D eigenvalue weighted by atomic mass is 10.1. The molecule has 0 unspecified atom stereocenters. The Hall–Kier alpha value is -3.34. The molecule has 0 fully saturated rings. The smallest absolute Gasteiger partial charge is 0.418 e. The summed E-state index contributed by atoms with van der Waals surface area (Å²) in [5, 5.41) is 13.2. The molecule has 30 heavy (non-hydrogen) atoms. The third-order valence-corrected chi connectivity index (χ3v) is 4.02. The van der Waals surface area contributed by atoms with Crippen molar-refractivity contribution in [3.05, 3.63) is 63.2 Å². The summed E-state index contributed by atoms with van der Waals surface area (Å²) in [4.78, 5) is 35.4. The van der Waals surface area contributed by atoms with Gasteiger partial charge in [0.2, 0.25) is 5.91 Å². The lowest BCUT2D eigenvalue weighted by Crippen LogP contribution is -2.37. The molecule has 12 heteroatoms. The number of anilines is 1. The summed E-state index contributed by atoms with van der Waals surface area (Å²) in [5.74, 6) is -1.78. The van der Waals surface area contributed by atoms with Gasteiger partial charge in [0.1, 0.15) is 0 Å². The van der Waals surface area contributed by atoms with Crippen molar-refractivity contribution in [3.8, 4) is 5.75 Å². The molecule has 2 aromatic rings. The van der Waals surface area contributed by atoms with Crippen LogP contribution in [-0.4, -0.2) is 41.8 Å². The second-order valence-corrected chi connectivity index (χ2v) is 6.44. The summed E-state index contributed by atoms with van der Waals surface area (Å²) in [5.41, 5.74) is -1.91. The second-order valence-electron chi connectivity index (χ2n) is 6.00. The van der Waals surface area contributed by atoms with Crippen LogP contribution in [0, 0.1) is 10.1 Å². The molecule has 0 saturated heterocycles. The number of alkyl halides is 3. The van der Waals surface area contributed by atoms with Crippen molar-refractivity contribution in [1.82, 2.24) is 4.90 Å². The Kier molecular flexibility index (Phi) is 7.22. The normalized spacial score (nSPS) is 11.0. The highest BCUT2D eigenvalue weighted by atomic mass is 35.5.